The summed E-state index contributed by atoms with van der Waals surface area (Å²) in [5.41, 5.74) is 1.47. The molecule has 0 spiro atoms. The SMILES string of the molecule is CC(C)OCc1nc(=O)c(S(=O)(=O)c2ccc(-c3ccncc3C#N)cc2)c(O)n1[C@H](c1cccc(C#N)c1)C1CC1. The Morgan fingerprint density at radius 1 is 1.10 bits per heavy atom. The van der Waals surface area contributed by atoms with Crippen LogP contribution in [0.2, 0.25) is 0 Å². The van der Waals surface area contributed by atoms with Gasteiger partial charge >= 0.3 is 0 Å². The summed E-state index contributed by atoms with van der Waals surface area (Å²) in [5, 5.41) is 30.5. The van der Waals surface area contributed by atoms with E-state index in [9.17, 15) is 28.8 Å². The first-order chi connectivity index (χ1) is 20.1. The minimum absolute atomic E-state index is 0.0245. The standard InChI is InChI=1S/C31H27N5O5S/c1-19(2)41-18-27-35-30(37)29(31(38)36(27)28(22-6-7-22)23-5-3-4-20(14-23)15-32)42(39,40)25-10-8-21(9-11-25)26-12-13-34-17-24(26)16-33/h3-5,8-14,17,19,22,28,38H,6-7,18H2,1-2H3/t28-/m0/s1. The fraction of sp³-hybridized carbons (Fsp3) is 0.258. The second-order valence-electron chi connectivity index (χ2n) is 10.3. The molecule has 0 radical (unpaired) electrons. The quantitative estimate of drug-likeness (QED) is 0.300. The lowest BCUT2D eigenvalue weighted by atomic mass is 9.99. The molecule has 10 nitrogen and oxygen atoms in total. The first-order valence-corrected chi connectivity index (χ1v) is 14.8. The van der Waals surface area contributed by atoms with Crippen LogP contribution in [0.4, 0.5) is 0 Å². The maximum Gasteiger partial charge on any atom is 0.296 e. The Bertz CT molecular complexity index is 1900. The van der Waals surface area contributed by atoms with Crippen LogP contribution in [0.1, 0.15) is 55.2 Å². The van der Waals surface area contributed by atoms with Gasteiger partial charge in [0.2, 0.25) is 15.7 Å². The van der Waals surface area contributed by atoms with Gasteiger partial charge in [-0.15, -0.1) is 0 Å². The molecule has 5 rings (SSSR count). The van der Waals surface area contributed by atoms with Crippen LogP contribution in [0.3, 0.4) is 0 Å². The van der Waals surface area contributed by atoms with Gasteiger partial charge in [0.05, 0.1) is 34.2 Å². The zero-order valence-electron chi connectivity index (χ0n) is 22.9. The molecule has 0 bridgehead atoms. The molecular weight excluding hydrogens is 554 g/mol. The van der Waals surface area contributed by atoms with Crippen LogP contribution in [0, 0.1) is 28.6 Å². The van der Waals surface area contributed by atoms with E-state index in [0.29, 0.717) is 27.8 Å². The van der Waals surface area contributed by atoms with Crippen LogP contribution in [0.15, 0.2) is 81.6 Å². The van der Waals surface area contributed by atoms with Crippen molar-refractivity contribution < 1.29 is 18.3 Å². The molecule has 1 aliphatic carbocycles. The number of benzene rings is 2. The average Bonchev–Trinajstić information content (AvgIpc) is 3.83. The van der Waals surface area contributed by atoms with Crippen LogP contribution in [-0.2, 0) is 21.2 Å². The summed E-state index contributed by atoms with van der Waals surface area (Å²) in [7, 11) is -4.54. The molecule has 2 aromatic carbocycles. The van der Waals surface area contributed by atoms with E-state index in [2.05, 4.69) is 22.1 Å². The minimum Gasteiger partial charge on any atom is -0.493 e. The number of aromatic hydroxyl groups is 1. The van der Waals surface area contributed by atoms with Gasteiger partial charge in [-0.1, -0.05) is 24.3 Å². The molecule has 11 heteroatoms. The fourth-order valence-corrected chi connectivity index (χ4v) is 6.27. The van der Waals surface area contributed by atoms with Crippen molar-refractivity contribution in [1.82, 2.24) is 14.5 Å². The molecule has 2 heterocycles. The molecule has 1 N–H and O–H groups in total. The molecule has 0 unspecified atom stereocenters. The van der Waals surface area contributed by atoms with Crippen LogP contribution in [0.5, 0.6) is 5.88 Å². The smallest absolute Gasteiger partial charge is 0.296 e. The van der Waals surface area contributed by atoms with E-state index in [-0.39, 0.29) is 29.3 Å². The third-order valence-corrected chi connectivity index (χ3v) is 8.86. The van der Waals surface area contributed by atoms with Crippen molar-refractivity contribution in [1.29, 1.82) is 10.5 Å². The summed E-state index contributed by atoms with van der Waals surface area (Å²) in [5.74, 6) is -0.625. The molecule has 0 saturated heterocycles. The Labute approximate surface area is 243 Å². The third kappa shape index (κ3) is 5.53. The lowest BCUT2D eigenvalue weighted by molar-refractivity contribution is 0.0568. The lowest BCUT2D eigenvalue weighted by Gasteiger charge is -2.26. The number of hydrogen-bond donors (Lipinski definition) is 1. The van der Waals surface area contributed by atoms with Gasteiger partial charge < -0.3 is 9.84 Å². The number of rotatable bonds is 9. The number of sulfone groups is 1. The highest BCUT2D eigenvalue weighted by atomic mass is 32.2. The number of nitriles is 2. The van der Waals surface area contributed by atoms with Gasteiger partial charge in [-0.3, -0.25) is 14.3 Å². The Morgan fingerprint density at radius 2 is 1.83 bits per heavy atom. The number of aromatic nitrogens is 3. The minimum atomic E-state index is -4.54. The molecule has 1 atom stereocenters. The van der Waals surface area contributed by atoms with Gasteiger partial charge in [0.1, 0.15) is 18.5 Å². The van der Waals surface area contributed by atoms with Crippen LogP contribution in [-0.4, -0.2) is 34.2 Å². The Balaban J connectivity index is 1.66. The third-order valence-electron chi connectivity index (χ3n) is 7.07. The summed E-state index contributed by atoms with van der Waals surface area (Å²) < 4.78 is 34.8. The summed E-state index contributed by atoms with van der Waals surface area (Å²) in [6.07, 6.45) is 4.34. The zero-order valence-corrected chi connectivity index (χ0v) is 23.7. The van der Waals surface area contributed by atoms with Gasteiger partial charge in [-0.25, -0.2) is 8.42 Å². The summed E-state index contributed by atoms with van der Waals surface area (Å²) >= 11 is 0. The van der Waals surface area contributed by atoms with Gasteiger partial charge in [-0.05, 0) is 74.1 Å². The number of nitrogens with zero attached hydrogens (tertiary/aromatic N) is 5. The fourth-order valence-electron chi connectivity index (χ4n) is 4.92. The zero-order chi connectivity index (χ0) is 30.0. The molecule has 212 valence electrons. The van der Waals surface area contributed by atoms with E-state index in [1.54, 1.807) is 30.3 Å². The molecular formula is C31H27N5O5S. The van der Waals surface area contributed by atoms with Crippen molar-refractivity contribution in [3.63, 3.8) is 0 Å². The molecule has 1 fully saturated rings. The molecule has 4 aromatic rings. The highest BCUT2D eigenvalue weighted by Gasteiger charge is 2.39. The summed E-state index contributed by atoms with van der Waals surface area (Å²) in [6.45, 7) is 3.49. The summed E-state index contributed by atoms with van der Waals surface area (Å²) in [6, 6.07) is 17.8. The Kier molecular flexibility index (Phi) is 7.90. The first-order valence-electron chi connectivity index (χ1n) is 13.3. The second-order valence-corrected chi connectivity index (χ2v) is 12.2. The maximum absolute atomic E-state index is 13.9. The molecule has 42 heavy (non-hydrogen) atoms. The van der Waals surface area contributed by atoms with Crippen molar-refractivity contribution in [2.75, 3.05) is 0 Å². The van der Waals surface area contributed by atoms with E-state index in [4.69, 9.17) is 4.74 Å². The van der Waals surface area contributed by atoms with E-state index in [0.717, 1.165) is 12.8 Å². The van der Waals surface area contributed by atoms with Crippen LogP contribution < -0.4 is 5.56 Å². The average molecular weight is 582 g/mol. The van der Waals surface area contributed by atoms with Crippen LogP contribution in [0.25, 0.3) is 11.1 Å². The monoisotopic (exact) mass is 581 g/mol. The predicted octanol–water partition coefficient (Wildman–Crippen LogP) is 4.51. The van der Waals surface area contributed by atoms with Crippen molar-refractivity contribution in [3.05, 3.63) is 99.9 Å². The van der Waals surface area contributed by atoms with Crippen molar-refractivity contribution in [2.24, 2.45) is 5.92 Å². The normalized spacial score (nSPS) is 13.8. The van der Waals surface area contributed by atoms with Gasteiger partial charge in [0.15, 0.2) is 4.90 Å². The molecule has 1 saturated carbocycles. The Morgan fingerprint density at radius 3 is 2.48 bits per heavy atom. The number of pyridine rings is 1. The predicted molar refractivity (Wildman–Crippen MR) is 152 cm³/mol. The lowest BCUT2D eigenvalue weighted by Crippen LogP contribution is -2.29. The Hall–Kier alpha value is -4.84. The van der Waals surface area contributed by atoms with Crippen LogP contribution >= 0.6 is 0 Å². The molecule has 0 aliphatic heterocycles. The number of ether oxygens (including phenoxy) is 1. The van der Waals surface area contributed by atoms with E-state index in [1.165, 1.54) is 41.2 Å². The van der Waals surface area contributed by atoms with E-state index < -0.39 is 32.2 Å². The maximum atomic E-state index is 13.9. The highest BCUT2D eigenvalue weighted by molar-refractivity contribution is 7.91. The van der Waals surface area contributed by atoms with E-state index in [1.807, 2.05) is 13.8 Å². The van der Waals surface area contributed by atoms with Gasteiger partial charge in [0.25, 0.3) is 5.56 Å². The van der Waals surface area contributed by atoms with E-state index >= 15 is 0 Å². The number of hydrogen-bond acceptors (Lipinski definition) is 9. The molecule has 2 aromatic heterocycles. The first kappa shape index (κ1) is 28.7. The van der Waals surface area contributed by atoms with Gasteiger partial charge in [-0.2, -0.15) is 15.5 Å². The second kappa shape index (κ2) is 11.6. The highest BCUT2D eigenvalue weighted by Crippen LogP contribution is 2.46. The van der Waals surface area contributed by atoms with Crippen molar-refractivity contribution >= 4 is 9.84 Å². The van der Waals surface area contributed by atoms with Crippen molar-refractivity contribution in [2.45, 2.75) is 55.2 Å². The largest absolute Gasteiger partial charge is 0.493 e. The topological polar surface area (TPSA) is 159 Å². The van der Waals surface area contributed by atoms with Crippen molar-refractivity contribution in [3.8, 4) is 29.1 Å². The molecule has 1 aliphatic rings. The molecule has 0 amide bonds. The summed E-state index contributed by atoms with van der Waals surface area (Å²) in [4.78, 5) is 20.3. The van der Waals surface area contributed by atoms with Gasteiger partial charge in [0, 0.05) is 18.0 Å².